The van der Waals surface area contributed by atoms with Gasteiger partial charge in [-0.3, -0.25) is 14.2 Å². The number of benzene rings is 2. The first kappa shape index (κ1) is 24.5. The van der Waals surface area contributed by atoms with Gasteiger partial charge in [0.15, 0.2) is 0 Å². The highest BCUT2D eigenvalue weighted by Crippen LogP contribution is 2.25. The van der Waals surface area contributed by atoms with Gasteiger partial charge in [-0.15, -0.1) is 0 Å². The van der Waals surface area contributed by atoms with E-state index >= 15 is 0 Å². The van der Waals surface area contributed by atoms with Crippen LogP contribution in [-0.4, -0.2) is 25.5 Å². The predicted molar refractivity (Wildman–Crippen MR) is 140 cm³/mol. The van der Waals surface area contributed by atoms with Crippen molar-refractivity contribution in [2.24, 2.45) is 0 Å². The van der Waals surface area contributed by atoms with Crippen LogP contribution in [-0.2, 0) is 13.1 Å². The van der Waals surface area contributed by atoms with E-state index in [2.05, 4.69) is 31.4 Å². The molecule has 1 amide bonds. The van der Waals surface area contributed by atoms with Crippen LogP contribution >= 0.6 is 39.1 Å². The van der Waals surface area contributed by atoms with Crippen LogP contribution in [0.3, 0.4) is 0 Å². The number of amides is 1. The zero-order chi connectivity index (χ0) is 24.6. The number of aromatic nitrogens is 4. The highest BCUT2D eigenvalue weighted by Gasteiger charge is 2.16. The van der Waals surface area contributed by atoms with E-state index in [1.165, 1.54) is 0 Å². The van der Waals surface area contributed by atoms with Crippen molar-refractivity contribution in [1.82, 2.24) is 19.6 Å². The molecule has 0 radical (unpaired) electrons. The minimum absolute atomic E-state index is 0.180. The van der Waals surface area contributed by atoms with Gasteiger partial charge in [0.1, 0.15) is 0 Å². The van der Waals surface area contributed by atoms with Gasteiger partial charge in [0.25, 0.3) is 5.91 Å². The maximum absolute atomic E-state index is 12.9. The molecule has 4 aromatic rings. The number of carbonyl (C=O) groups is 1. The number of halogens is 3. The summed E-state index contributed by atoms with van der Waals surface area (Å²) in [6.07, 6.45) is 0. The van der Waals surface area contributed by atoms with Crippen molar-refractivity contribution >= 4 is 50.7 Å². The molecule has 0 spiro atoms. The largest absolute Gasteiger partial charge is 0.319 e. The van der Waals surface area contributed by atoms with E-state index in [4.69, 9.17) is 23.2 Å². The molecule has 0 aliphatic carbocycles. The summed E-state index contributed by atoms with van der Waals surface area (Å²) in [6.45, 7) is 8.97. The molecule has 0 saturated heterocycles. The third-order valence-corrected chi connectivity index (χ3v) is 7.66. The van der Waals surface area contributed by atoms with Crippen LogP contribution in [0.4, 0.5) is 5.69 Å². The van der Waals surface area contributed by atoms with Gasteiger partial charge >= 0.3 is 0 Å². The summed E-state index contributed by atoms with van der Waals surface area (Å²) in [4.78, 5) is 12.9. The summed E-state index contributed by atoms with van der Waals surface area (Å²) in [7, 11) is 0. The van der Waals surface area contributed by atoms with E-state index in [0.717, 1.165) is 38.4 Å². The zero-order valence-corrected chi connectivity index (χ0v) is 22.4. The Morgan fingerprint density at radius 2 is 1.44 bits per heavy atom. The van der Waals surface area contributed by atoms with Crippen LogP contribution in [0.15, 0.2) is 46.9 Å². The van der Waals surface area contributed by atoms with Gasteiger partial charge in [0, 0.05) is 5.56 Å². The fourth-order valence-corrected chi connectivity index (χ4v) is 4.40. The summed E-state index contributed by atoms with van der Waals surface area (Å²) >= 11 is 15.7. The Morgan fingerprint density at radius 1 is 0.853 bits per heavy atom. The molecule has 4 rings (SSSR count). The van der Waals surface area contributed by atoms with E-state index in [1.54, 1.807) is 6.07 Å². The summed E-state index contributed by atoms with van der Waals surface area (Å²) in [5.41, 5.74) is 6.97. The van der Waals surface area contributed by atoms with Crippen molar-refractivity contribution < 1.29 is 4.79 Å². The molecular weight excluding hydrogens is 537 g/mol. The first-order valence-corrected chi connectivity index (χ1v) is 12.3. The topological polar surface area (TPSA) is 64.7 Å². The van der Waals surface area contributed by atoms with Gasteiger partial charge in [0.2, 0.25) is 0 Å². The third kappa shape index (κ3) is 5.06. The molecule has 176 valence electrons. The summed E-state index contributed by atoms with van der Waals surface area (Å²) < 4.78 is 4.82. The zero-order valence-electron chi connectivity index (χ0n) is 19.3. The molecule has 0 aliphatic heterocycles. The number of rotatable bonds is 6. The quantitative estimate of drug-likeness (QED) is 0.284. The average Bonchev–Trinajstić information content (AvgIpc) is 3.20. The Morgan fingerprint density at radius 3 is 2.06 bits per heavy atom. The summed E-state index contributed by atoms with van der Waals surface area (Å²) in [6, 6.07) is 13.1. The first-order valence-electron chi connectivity index (χ1n) is 10.7. The van der Waals surface area contributed by atoms with E-state index in [9.17, 15) is 4.79 Å². The highest BCUT2D eigenvalue weighted by atomic mass is 79.9. The molecule has 34 heavy (non-hydrogen) atoms. The molecule has 6 nitrogen and oxygen atoms in total. The Hall–Kier alpha value is -2.61. The van der Waals surface area contributed by atoms with Crippen LogP contribution in [0.5, 0.6) is 0 Å². The number of anilines is 1. The van der Waals surface area contributed by atoms with E-state index < -0.39 is 0 Å². The van der Waals surface area contributed by atoms with Gasteiger partial charge in [-0.1, -0.05) is 41.4 Å². The van der Waals surface area contributed by atoms with E-state index in [0.29, 0.717) is 34.4 Å². The lowest BCUT2D eigenvalue weighted by atomic mass is 10.1. The van der Waals surface area contributed by atoms with E-state index in [-0.39, 0.29) is 5.91 Å². The number of hydrogen-bond donors (Lipinski definition) is 1. The van der Waals surface area contributed by atoms with Gasteiger partial charge in [-0.25, -0.2) is 0 Å². The maximum Gasteiger partial charge on any atom is 0.255 e. The van der Waals surface area contributed by atoms with Crippen LogP contribution in [0.1, 0.15) is 44.3 Å². The SMILES string of the molecule is Cc1nn(Cc2ccc(C(=O)Nc3c(C)nn(Cc4ccc(Cl)c(Cl)c4)c3C)cc2)c(C)c1Br. The van der Waals surface area contributed by atoms with E-state index in [1.807, 2.05) is 73.5 Å². The lowest BCUT2D eigenvalue weighted by Crippen LogP contribution is -2.13. The van der Waals surface area contributed by atoms with Crippen molar-refractivity contribution in [2.75, 3.05) is 5.32 Å². The Labute approximate surface area is 217 Å². The number of nitrogens with zero attached hydrogens (tertiary/aromatic N) is 4. The molecule has 0 fully saturated rings. The van der Waals surface area contributed by atoms with Crippen molar-refractivity contribution in [3.8, 4) is 0 Å². The second kappa shape index (κ2) is 9.94. The Bertz CT molecular complexity index is 1380. The van der Waals surface area contributed by atoms with Crippen LogP contribution in [0.25, 0.3) is 0 Å². The normalized spacial score (nSPS) is 11.1. The van der Waals surface area contributed by atoms with Crippen LogP contribution in [0.2, 0.25) is 10.0 Å². The van der Waals surface area contributed by atoms with Gasteiger partial charge in [-0.05, 0) is 79.0 Å². The molecule has 2 heterocycles. The molecule has 2 aromatic carbocycles. The average molecular weight is 561 g/mol. The molecule has 0 unspecified atom stereocenters. The molecule has 2 aromatic heterocycles. The number of hydrogen-bond acceptors (Lipinski definition) is 3. The molecule has 0 atom stereocenters. The molecular formula is C25H24BrCl2N5O. The predicted octanol–water partition coefficient (Wildman–Crippen LogP) is 6.73. The molecule has 9 heteroatoms. The third-order valence-electron chi connectivity index (χ3n) is 5.78. The fourth-order valence-electron chi connectivity index (χ4n) is 3.79. The maximum atomic E-state index is 12.9. The van der Waals surface area contributed by atoms with Gasteiger partial charge in [0.05, 0.1) is 56.1 Å². The van der Waals surface area contributed by atoms with Crippen molar-refractivity contribution in [3.63, 3.8) is 0 Å². The van der Waals surface area contributed by atoms with Gasteiger partial charge < -0.3 is 5.32 Å². The minimum atomic E-state index is -0.180. The van der Waals surface area contributed by atoms with Gasteiger partial charge in [-0.2, -0.15) is 10.2 Å². The standard InChI is InChI=1S/C25H24BrCl2N5O/c1-14-23(26)16(3)32(30-14)12-18-5-8-20(9-6-18)25(34)29-24-15(2)31-33(17(24)4)13-19-7-10-21(27)22(28)11-19/h5-11H,12-13H2,1-4H3,(H,29,34). The molecule has 0 saturated carbocycles. The summed E-state index contributed by atoms with van der Waals surface area (Å²) in [5, 5.41) is 13.2. The smallest absolute Gasteiger partial charge is 0.255 e. The number of carbonyl (C=O) groups excluding carboxylic acids is 1. The van der Waals surface area contributed by atoms with Crippen molar-refractivity contribution in [2.45, 2.75) is 40.8 Å². The van der Waals surface area contributed by atoms with Crippen LogP contribution < -0.4 is 5.32 Å². The summed E-state index contributed by atoms with van der Waals surface area (Å²) in [5.74, 6) is -0.180. The lowest BCUT2D eigenvalue weighted by Gasteiger charge is -2.09. The van der Waals surface area contributed by atoms with Crippen LogP contribution in [0, 0.1) is 27.7 Å². The Kier molecular flexibility index (Phi) is 7.17. The second-order valence-corrected chi connectivity index (χ2v) is 9.85. The first-order chi connectivity index (χ1) is 16.1. The molecule has 0 bridgehead atoms. The number of aryl methyl sites for hydroxylation is 2. The monoisotopic (exact) mass is 559 g/mol. The number of nitrogens with one attached hydrogen (secondary N) is 1. The minimum Gasteiger partial charge on any atom is -0.319 e. The fraction of sp³-hybridized carbons (Fsp3) is 0.240. The molecule has 0 aliphatic rings. The highest BCUT2D eigenvalue weighted by molar-refractivity contribution is 9.10. The lowest BCUT2D eigenvalue weighted by molar-refractivity contribution is 0.102. The second-order valence-electron chi connectivity index (χ2n) is 8.25. The molecule has 1 N–H and O–H groups in total. The Balaban J connectivity index is 1.47. The van der Waals surface area contributed by atoms with Crippen molar-refractivity contribution in [1.29, 1.82) is 0 Å². The van der Waals surface area contributed by atoms with Crippen molar-refractivity contribution in [3.05, 3.63) is 96.4 Å².